The van der Waals surface area contributed by atoms with E-state index in [4.69, 9.17) is 4.74 Å². The van der Waals surface area contributed by atoms with Gasteiger partial charge in [-0.15, -0.1) is 0 Å². The zero-order valence-electron chi connectivity index (χ0n) is 13.9. The molecule has 0 N–H and O–H groups in total. The van der Waals surface area contributed by atoms with Crippen molar-refractivity contribution < 1.29 is 4.74 Å². The van der Waals surface area contributed by atoms with Gasteiger partial charge < -0.3 is 4.74 Å². The summed E-state index contributed by atoms with van der Waals surface area (Å²) in [5, 5.41) is 0. The van der Waals surface area contributed by atoms with E-state index < -0.39 is 0 Å². The van der Waals surface area contributed by atoms with Crippen LogP contribution in [0.5, 0.6) is 5.75 Å². The fraction of sp³-hybridized carbons (Fsp3) is 0.400. The standard InChI is InChI=1S/C20H26O/c1-7-10-21-19-16(4)11-15(3)13-18(19)20(5,6)17-9-8-14(2)12-17/h7,9,11-13H,1,8,10H2,2-6H3. The molecule has 1 nitrogen and oxygen atoms in total. The van der Waals surface area contributed by atoms with Gasteiger partial charge in [-0.2, -0.15) is 0 Å². The molecule has 0 heterocycles. The van der Waals surface area contributed by atoms with Gasteiger partial charge in [0.15, 0.2) is 0 Å². The van der Waals surface area contributed by atoms with Gasteiger partial charge in [0.05, 0.1) is 0 Å². The van der Waals surface area contributed by atoms with Crippen molar-refractivity contribution in [2.45, 2.75) is 46.5 Å². The van der Waals surface area contributed by atoms with Gasteiger partial charge in [0.25, 0.3) is 0 Å². The van der Waals surface area contributed by atoms with Crippen molar-refractivity contribution in [1.82, 2.24) is 0 Å². The van der Waals surface area contributed by atoms with Gasteiger partial charge in [0, 0.05) is 11.0 Å². The molecule has 0 radical (unpaired) electrons. The van der Waals surface area contributed by atoms with E-state index in [-0.39, 0.29) is 5.41 Å². The van der Waals surface area contributed by atoms with E-state index in [2.05, 4.69) is 65.5 Å². The largest absolute Gasteiger partial charge is 0.489 e. The quantitative estimate of drug-likeness (QED) is 0.655. The number of rotatable bonds is 5. The van der Waals surface area contributed by atoms with Crippen LogP contribution in [0.4, 0.5) is 0 Å². The molecule has 0 saturated carbocycles. The molecule has 0 aromatic heterocycles. The highest BCUT2D eigenvalue weighted by atomic mass is 16.5. The molecule has 112 valence electrons. The molecule has 0 fully saturated rings. The van der Waals surface area contributed by atoms with Crippen LogP contribution in [0.15, 0.2) is 48.1 Å². The minimum Gasteiger partial charge on any atom is -0.489 e. The monoisotopic (exact) mass is 282 g/mol. The van der Waals surface area contributed by atoms with E-state index in [1.165, 1.54) is 27.8 Å². The van der Waals surface area contributed by atoms with Crippen molar-refractivity contribution in [2.75, 3.05) is 6.61 Å². The van der Waals surface area contributed by atoms with Gasteiger partial charge in [-0.1, -0.05) is 61.9 Å². The van der Waals surface area contributed by atoms with Crippen LogP contribution in [-0.2, 0) is 5.41 Å². The molecule has 1 heteroatoms. The number of benzene rings is 1. The number of aryl methyl sites for hydroxylation is 2. The molecule has 1 aromatic rings. The third-order valence-corrected chi connectivity index (χ3v) is 4.21. The topological polar surface area (TPSA) is 9.23 Å². The first kappa shape index (κ1) is 15.6. The molecule has 0 saturated heterocycles. The highest BCUT2D eigenvalue weighted by molar-refractivity contribution is 5.54. The SMILES string of the molecule is C=CCOc1c(C)cc(C)cc1C(C)(C)C1=CCC(C)=C1. The average molecular weight is 282 g/mol. The van der Waals surface area contributed by atoms with Crippen LogP contribution in [0.3, 0.4) is 0 Å². The molecular formula is C20H26O. The summed E-state index contributed by atoms with van der Waals surface area (Å²) in [6.07, 6.45) is 7.51. The lowest BCUT2D eigenvalue weighted by molar-refractivity contribution is 0.350. The molecule has 0 aliphatic heterocycles. The average Bonchev–Trinajstić information content (AvgIpc) is 2.84. The lowest BCUT2D eigenvalue weighted by Gasteiger charge is -2.30. The van der Waals surface area contributed by atoms with Crippen molar-refractivity contribution in [1.29, 1.82) is 0 Å². The van der Waals surface area contributed by atoms with Gasteiger partial charge >= 0.3 is 0 Å². The fourth-order valence-corrected chi connectivity index (χ4v) is 3.00. The molecule has 0 amide bonds. The highest BCUT2D eigenvalue weighted by Crippen LogP contribution is 2.42. The van der Waals surface area contributed by atoms with E-state index in [1.807, 2.05) is 0 Å². The van der Waals surface area contributed by atoms with E-state index in [1.54, 1.807) is 6.08 Å². The summed E-state index contributed by atoms with van der Waals surface area (Å²) in [7, 11) is 0. The van der Waals surface area contributed by atoms with Crippen molar-refractivity contribution >= 4 is 0 Å². The first-order valence-electron chi connectivity index (χ1n) is 7.59. The minimum absolute atomic E-state index is 0.0506. The fourth-order valence-electron chi connectivity index (χ4n) is 3.00. The zero-order valence-corrected chi connectivity index (χ0v) is 13.9. The second kappa shape index (κ2) is 5.93. The van der Waals surface area contributed by atoms with E-state index in [0.717, 1.165) is 12.2 Å². The third-order valence-electron chi connectivity index (χ3n) is 4.21. The predicted octanol–water partition coefficient (Wildman–Crippen LogP) is 5.42. The molecule has 0 bridgehead atoms. The van der Waals surface area contributed by atoms with Gasteiger partial charge in [0.2, 0.25) is 0 Å². The summed E-state index contributed by atoms with van der Waals surface area (Å²) < 4.78 is 5.98. The molecule has 0 unspecified atom stereocenters. The highest BCUT2D eigenvalue weighted by Gasteiger charge is 2.30. The van der Waals surface area contributed by atoms with Crippen LogP contribution < -0.4 is 4.74 Å². The summed E-state index contributed by atoms with van der Waals surface area (Å²) in [5.41, 5.74) is 6.49. The Morgan fingerprint density at radius 2 is 1.95 bits per heavy atom. The minimum atomic E-state index is -0.0506. The second-order valence-electron chi connectivity index (χ2n) is 6.54. The van der Waals surface area contributed by atoms with E-state index in [9.17, 15) is 0 Å². The second-order valence-corrected chi connectivity index (χ2v) is 6.54. The number of ether oxygens (including phenoxy) is 1. The molecule has 0 spiro atoms. The smallest absolute Gasteiger partial charge is 0.126 e. The van der Waals surface area contributed by atoms with Crippen molar-refractivity contribution in [2.24, 2.45) is 0 Å². The Morgan fingerprint density at radius 3 is 2.52 bits per heavy atom. The van der Waals surface area contributed by atoms with Crippen molar-refractivity contribution in [3.05, 3.63) is 64.8 Å². The maximum Gasteiger partial charge on any atom is 0.126 e. The van der Waals surface area contributed by atoms with Crippen LogP contribution in [0, 0.1) is 13.8 Å². The van der Waals surface area contributed by atoms with Gasteiger partial charge in [0.1, 0.15) is 12.4 Å². The Hall–Kier alpha value is -1.76. The number of allylic oxidation sites excluding steroid dienone is 4. The number of hydrogen-bond acceptors (Lipinski definition) is 1. The predicted molar refractivity (Wildman–Crippen MR) is 91.1 cm³/mol. The van der Waals surface area contributed by atoms with E-state index in [0.29, 0.717) is 6.61 Å². The zero-order chi connectivity index (χ0) is 15.6. The molecule has 1 aliphatic carbocycles. The van der Waals surface area contributed by atoms with Gasteiger partial charge in [-0.25, -0.2) is 0 Å². The van der Waals surface area contributed by atoms with Crippen molar-refractivity contribution in [3.8, 4) is 5.75 Å². The van der Waals surface area contributed by atoms with Crippen LogP contribution in [0.1, 0.15) is 43.9 Å². The molecule has 0 atom stereocenters. The maximum absolute atomic E-state index is 5.98. The van der Waals surface area contributed by atoms with Crippen molar-refractivity contribution in [3.63, 3.8) is 0 Å². The lowest BCUT2D eigenvalue weighted by Crippen LogP contribution is -2.21. The lowest BCUT2D eigenvalue weighted by atomic mass is 9.76. The summed E-state index contributed by atoms with van der Waals surface area (Å²) >= 11 is 0. The normalized spacial score (nSPS) is 14.7. The molecular weight excluding hydrogens is 256 g/mol. The Morgan fingerprint density at radius 1 is 1.24 bits per heavy atom. The van der Waals surface area contributed by atoms with Crippen LogP contribution in [0.2, 0.25) is 0 Å². The van der Waals surface area contributed by atoms with Gasteiger partial charge in [-0.05, 0) is 38.3 Å². The van der Waals surface area contributed by atoms with E-state index >= 15 is 0 Å². The van der Waals surface area contributed by atoms with Crippen LogP contribution in [0.25, 0.3) is 0 Å². The summed E-state index contributed by atoms with van der Waals surface area (Å²) in [5.74, 6) is 1.00. The molecule has 1 aromatic carbocycles. The Balaban J connectivity index is 2.53. The summed E-state index contributed by atoms with van der Waals surface area (Å²) in [4.78, 5) is 0. The molecule has 21 heavy (non-hydrogen) atoms. The first-order chi connectivity index (χ1) is 9.86. The Kier molecular flexibility index (Phi) is 4.41. The van der Waals surface area contributed by atoms with Crippen LogP contribution in [-0.4, -0.2) is 6.61 Å². The Bertz CT molecular complexity index is 615. The molecule has 1 aliphatic rings. The molecule has 2 rings (SSSR count). The summed E-state index contributed by atoms with van der Waals surface area (Å²) in [6.45, 7) is 15.3. The number of hydrogen-bond donors (Lipinski definition) is 0. The first-order valence-corrected chi connectivity index (χ1v) is 7.59. The summed E-state index contributed by atoms with van der Waals surface area (Å²) in [6, 6.07) is 4.44. The Labute approximate surface area is 129 Å². The van der Waals surface area contributed by atoms with Gasteiger partial charge in [-0.3, -0.25) is 0 Å². The third kappa shape index (κ3) is 3.12. The maximum atomic E-state index is 5.98. The van der Waals surface area contributed by atoms with Crippen LogP contribution >= 0.6 is 0 Å².